The molecule has 0 atom stereocenters. The fourth-order valence-electron chi connectivity index (χ4n) is 3.99. The van der Waals surface area contributed by atoms with Crippen molar-refractivity contribution >= 4 is 17.1 Å². The molecule has 0 N–H and O–H groups in total. The maximum atomic E-state index is 13.3. The number of pyridine rings is 1. The average molecular weight is 434 g/mol. The highest BCUT2D eigenvalue weighted by atomic mass is 16.1. The first kappa shape index (κ1) is 20.6. The van der Waals surface area contributed by atoms with Crippen molar-refractivity contribution in [2.75, 3.05) is 0 Å². The van der Waals surface area contributed by atoms with E-state index >= 15 is 0 Å². The third-order valence-corrected chi connectivity index (χ3v) is 5.69. The second-order valence-electron chi connectivity index (χ2n) is 8.04. The SMILES string of the molecule is Cc1ccc(-n2c(C)cc(C=Nn3c(-c4ccccc4)nc4ccccc4c3=O)c2C)nc1. The predicted octanol–water partition coefficient (Wildman–Crippen LogP) is 5.06. The number of nitrogens with zero attached hydrogens (tertiary/aromatic N) is 5. The predicted molar refractivity (Wildman–Crippen MR) is 132 cm³/mol. The molecule has 0 aliphatic carbocycles. The van der Waals surface area contributed by atoms with Gasteiger partial charge in [-0.2, -0.15) is 9.78 Å². The molecule has 0 unspecified atom stereocenters. The number of aromatic nitrogens is 4. The van der Waals surface area contributed by atoms with Crippen molar-refractivity contribution in [3.63, 3.8) is 0 Å². The molecule has 0 aliphatic rings. The minimum absolute atomic E-state index is 0.204. The Balaban J connectivity index is 1.65. The fraction of sp³-hybridized carbons (Fsp3) is 0.111. The van der Waals surface area contributed by atoms with Crippen LogP contribution in [-0.4, -0.2) is 25.4 Å². The number of rotatable bonds is 4. The monoisotopic (exact) mass is 433 g/mol. The second-order valence-corrected chi connectivity index (χ2v) is 8.04. The van der Waals surface area contributed by atoms with Gasteiger partial charge in [-0.05, 0) is 50.6 Å². The normalized spacial score (nSPS) is 11.5. The molecule has 0 fully saturated rings. The van der Waals surface area contributed by atoms with E-state index in [1.54, 1.807) is 12.3 Å². The molecule has 0 radical (unpaired) electrons. The van der Waals surface area contributed by atoms with Crippen LogP contribution in [0.2, 0.25) is 0 Å². The van der Waals surface area contributed by atoms with Crippen molar-refractivity contribution in [2.24, 2.45) is 5.10 Å². The number of fused-ring (bicyclic) bond motifs is 1. The van der Waals surface area contributed by atoms with Gasteiger partial charge < -0.3 is 4.57 Å². The Morgan fingerprint density at radius 2 is 1.67 bits per heavy atom. The van der Waals surface area contributed by atoms with E-state index < -0.39 is 0 Å². The van der Waals surface area contributed by atoms with Crippen LogP contribution in [0, 0.1) is 20.8 Å². The van der Waals surface area contributed by atoms with Crippen molar-refractivity contribution in [1.82, 2.24) is 19.2 Å². The van der Waals surface area contributed by atoms with Crippen LogP contribution in [0.25, 0.3) is 28.1 Å². The van der Waals surface area contributed by atoms with Gasteiger partial charge in [0.15, 0.2) is 5.82 Å². The molecule has 0 saturated carbocycles. The standard InChI is InChI=1S/C27H23N5O/c1-18-13-14-25(28-16-18)31-19(2)15-22(20(31)3)17-29-32-26(21-9-5-4-6-10-21)30-24-12-8-7-11-23(24)27(32)33/h4-17H,1-3H3. The van der Waals surface area contributed by atoms with Gasteiger partial charge >= 0.3 is 0 Å². The van der Waals surface area contributed by atoms with Gasteiger partial charge in [-0.3, -0.25) is 4.79 Å². The van der Waals surface area contributed by atoms with E-state index in [4.69, 9.17) is 4.98 Å². The largest absolute Gasteiger partial charge is 0.303 e. The van der Waals surface area contributed by atoms with Crippen molar-refractivity contribution in [3.05, 3.63) is 112 Å². The van der Waals surface area contributed by atoms with Crippen LogP contribution in [0.4, 0.5) is 0 Å². The summed E-state index contributed by atoms with van der Waals surface area (Å²) < 4.78 is 3.47. The Labute approximate surface area is 191 Å². The zero-order chi connectivity index (χ0) is 22.9. The molecule has 5 rings (SSSR count). The summed E-state index contributed by atoms with van der Waals surface area (Å²) >= 11 is 0. The highest BCUT2D eigenvalue weighted by Gasteiger charge is 2.14. The second kappa shape index (κ2) is 8.31. The molecule has 3 heterocycles. The number of para-hydroxylation sites is 1. The summed E-state index contributed by atoms with van der Waals surface area (Å²) in [6, 6.07) is 23.1. The molecule has 0 bridgehead atoms. The van der Waals surface area contributed by atoms with E-state index in [1.165, 1.54) is 4.68 Å². The quantitative estimate of drug-likeness (QED) is 0.372. The van der Waals surface area contributed by atoms with Crippen molar-refractivity contribution in [1.29, 1.82) is 0 Å². The van der Waals surface area contributed by atoms with Crippen molar-refractivity contribution in [2.45, 2.75) is 20.8 Å². The molecule has 5 aromatic rings. The van der Waals surface area contributed by atoms with Crippen LogP contribution < -0.4 is 5.56 Å². The van der Waals surface area contributed by atoms with E-state index in [1.807, 2.05) is 93.7 Å². The summed E-state index contributed by atoms with van der Waals surface area (Å²) in [7, 11) is 0. The Morgan fingerprint density at radius 3 is 2.42 bits per heavy atom. The van der Waals surface area contributed by atoms with E-state index in [0.717, 1.165) is 33.9 Å². The molecular formula is C27H23N5O. The maximum Gasteiger partial charge on any atom is 0.282 e. The molecule has 162 valence electrons. The lowest BCUT2D eigenvalue weighted by atomic mass is 10.2. The van der Waals surface area contributed by atoms with Crippen molar-refractivity contribution < 1.29 is 0 Å². The lowest BCUT2D eigenvalue weighted by Gasteiger charge is -2.10. The van der Waals surface area contributed by atoms with Gasteiger partial charge in [0, 0.05) is 28.7 Å². The zero-order valence-electron chi connectivity index (χ0n) is 18.7. The molecule has 0 spiro atoms. The van der Waals surface area contributed by atoms with Gasteiger partial charge in [0.05, 0.1) is 17.1 Å². The molecule has 0 saturated heterocycles. The molecular weight excluding hydrogens is 410 g/mol. The fourth-order valence-corrected chi connectivity index (χ4v) is 3.99. The van der Waals surface area contributed by atoms with Gasteiger partial charge in [0.2, 0.25) is 0 Å². The topological polar surface area (TPSA) is 65.1 Å². The van der Waals surface area contributed by atoms with Gasteiger partial charge in [0.25, 0.3) is 5.56 Å². The molecule has 3 aromatic heterocycles. The van der Waals surface area contributed by atoms with E-state index in [0.29, 0.717) is 16.7 Å². The summed E-state index contributed by atoms with van der Waals surface area (Å²) in [6.07, 6.45) is 3.58. The summed E-state index contributed by atoms with van der Waals surface area (Å²) in [5.41, 5.74) is 5.33. The number of hydrogen-bond acceptors (Lipinski definition) is 4. The Hall–Kier alpha value is -4.32. The lowest BCUT2D eigenvalue weighted by Crippen LogP contribution is -2.20. The Kier molecular flexibility index (Phi) is 5.18. The number of aryl methyl sites for hydroxylation is 2. The van der Waals surface area contributed by atoms with Crippen LogP contribution in [0.1, 0.15) is 22.5 Å². The van der Waals surface area contributed by atoms with Crippen LogP contribution in [0.3, 0.4) is 0 Å². The highest BCUT2D eigenvalue weighted by Crippen LogP contribution is 2.21. The van der Waals surface area contributed by atoms with Gasteiger partial charge in [-0.25, -0.2) is 9.97 Å². The summed E-state index contributed by atoms with van der Waals surface area (Å²) in [5, 5.41) is 5.14. The lowest BCUT2D eigenvalue weighted by molar-refractivity contribution is 0.829. The summed E-state index contributed by atoms with van der Waals surface area (Å²) in [6.45, 7) is 6.07. The first-order chi connectivity index (χ1) is 16.0. The number of hydrogen-bond donors (Lipinski definition) is 0. The van der Waals surface area contributed by atoms with Crippen LogP contribution in [0.5, 0.6) is 0 Å². The molecule has 33 heavy (non-hydrogen) atoms. The van der Waals surface area contributed by atoms with Crippen molar-refractivity contribution in [3.8, 4) is 17.2 Å². The molecule has 2 aromatic carbocycles. The average Bonchev–Trinajstić information content (AvgIpc) is 3.12. The van der Waals surface area contributed by atoms with Crippen LogP contribution >= 0.6 is 0 Å². The Morgan fingerprint density at radius 1 is 0.909 bits per heavy atom. The van der Waals surface area contributed by atoms with Gasteiger partial charge in [-0.1, -0.05) is 48.5 Å². The van der Waals surface area contributed by atoms with E-state index in [-0.39, 0.29) is 5.56 Å². The first-order valence-corrected chi connectivity index (χ1v) is 10.8. The Bertz CT molecular complexity index is 1540. The van der Waals surface area contributed by atoms with Crippen LogP contribution in [0.15, 0.2) is 88.9 Å². The van der Waals surface area contributed by atoms with Crippen LogP contribution in [-0.2, 0) is 0 Å². The molecule has 0 aliphatic heterocycles. The highest BCUT2D eigenvalue weighted by molar-refractivity contribution is 5.83. The third kappa shape index (κ3) is 3.76. The van der Waals surface area contributed by atoms with Gasteiger partial charge in [0.1, 0.15) is 5.82 Å². The maximum absolute atomic E-state index is 13.3. The third-order valence-electron chi connectivity index (χ3n) is 5.69. The number of benzene rings is 2. The zero-order valence-corrected chi connectivity index (χ0v) is 18.7. The molecule has 6 nitrogen and oxygen atoms in total. The van der Waals surface area contributed by atoms with Gasteiger partial charge in [-0.15, -0.1) is 0 Å². The van der Waals surface area contributed by atoms with E-state index in [2.05, 4.69) is 14.7 Å². The first-order valence-electron chi connectivity index (χ1n) is 10.8. The van der Waals surface area contributed by atoms with E-state index in [9.17, 15) is 4.79 Å². The summed E-state index contributed by atoms with van der Waals surface area (Å²) in [5.74, 6) is 1.36. The smallest absolute Gasteiger partial charge is 0.282 e. The minimum atomic E-state index is -0.204. The summed E-state index contributed by atoms with van der Waals surface area (Å²) in [4.78, 5) is 22.7. The molecule has 6 heteroatoms. The minimum Gasteiger partial charge on any atom is -0.303 e. The molecule has 0 amide bonds.